The van der Waals surface area contributed by atoms with E-state index in [0.717, 1.165) is 25.4 Å². The standard InChI is InChI=1S/C9H13NO2/c10-6-3-5-9(8-12)4-1-2-7-11/h7-9H,1-5H2. The maximum atomic E-state index is 10.4. The van der Waals surface area contributed by atoms with Crippen molar-refractivity contribution >= 4 is 12.6 Å². The van der Waals surface area contributed by atoms with E-state index in [2.05, 4.69) is 0 Å². The fraction of sp³-hybridized carbons (Fsp3) is 0.667. The summed E-state index contributed by atoms with van der Waals surface area (Å²) in [7, 11) is 0. The zero-order valence-electron chi connectivity index (χ0n) is 7.03. The topological polar surface area (TPSA) is 57.9 Å². The molecule has 0 aromatic carbocycles. The Kier molecular flexibility index (Phi) is 7.16. The summed E-state index contributed by atoms with van der Waals surface area (Å²) >= 11 is 0. The molecule has 3 nitrogen and oxygen atoms in total. The molecule has 1 unspecified atom stereocenters. The number of nitriles is 1. The minimum absolute atomic E-state index is 0.0374. The largest absolute Gasteiger partial charge is 0.303 e. The molecule has 0 fully saturated rings. The first-order chi connectivity index (χ1) is 5.85. The van der Waals surface area contributed by atoms with Crippen molar-refractivity contribution in [2.24, 2.45) is 5.92 Å². The smallest absolute Gasteiger partial charge is 0.123 e. The average molecular weight is 167 g/mol. The number of rotatable bonds is 7. The second-order valence-corrected chi connectivity index (χ2v) is 2.69. The van der Waals surface area contributed by atoms with Gasteiger partial charge >= 0.3 is 0 Å². The van der Waals surface area contributed by atoms with Crippen LogP contribution in [-0.4, -0.2) is 12.6 Å². The first-order valence-electron chi connectivity index (χ1n) is 4.11. The van der Waals surface area contributed by atoms with Gasteiger partial charge in [-0.3, -0.25) is 0 Å². The molecule has 0 aliphatic heterocycles. The zero-order chi connectivity index (χ0) is 9.23. The Morgan fingerprint density at radius 3 is 2.58 bits per heavy atom. The van der Waals surface area contributed by atoms with E-state index in [1.165, 1.54) is 0 Å². The summed E-state index contributed by atoms with van der Waals surface area (Å²) in [5.41, 5.74) is 0. The van der Waals surface area contributed by atoms with Crippen molar-refractivity contribution in [1.82, 2.24) is 0 Å². The van der Waals surface area contributed by atoms with Gasteiger partial charge in [-0.05, 0) is 19.3 Å². The van der Waals surface area contributed by atoms with E-state index < -0.39 is 0 Å². The molecule has 12 heavy (non-hydrogen) atoms. The number of carbonyl (C=O) groups excluding carboxylic acids is 2. The van der Waals surface area contributed by atoms with Gasteiger partial charge in [0.1, 0.15) is 12.6 Å². The molecule has 3 heteroatoms. The molecule has 0 N–H and O–H groups in total. The summed E-state index contributed by atoms with van der Waals surface area (Å²) in [6.45, 7) is 0. The minimum atomic E-state index is -0.0374. The van der Waals surface area contributed by atoms with Gasteiger partial charge in [-0.15, -0.1) is 0 Å². The maximum absolute atomic E-state index is 10.4. The molecule has 0 saturated heterocycles. The van der Waals surface area contributed by atoms with E-state index in [1.54, 1.807) is 0 Å². The minimum Gasteiger partial charge on any atom is -0.303 e. The van der Waals surface area contributed by atoms with Gasteiger partial charge in [-0.2, -0.15) is 5.26 Å². The molecule has 0 heterocycles. The number of carbonyl (C=O) groups is 2. The lowest BCUT2D eigenvalue weighted by Gasteiger charge is -2.04. The zero-order valence-corrected chi connectivity index (χ0v) is 7.03. The van der Waals surface area contributed by atoms with Crippen LogP contribution in [0, 0.1) is 17.2 Å². The number of aldehydes is 2. The number of unbranched alkanes of at least 4 members (excludes halogenated alkanes) is 1. The van der Waals surface area contributed by atoms with Crippen molar-refractivity contribution < 1.29 is 9.59 Å². The molecule has 0 spiro atoms. The Labute approximate surface area is 72.4 Å². The van der Waals surface area contributed by atoms with Crippen molar-refractivity contribution in [3.63, 3.8) is 0 Å². The first kappa shape index (κ1) is 10.8. The van der Waals surface area contributed by atoms with Gasteiger partial charge in [0.15, 0.2) is 0 Å². The highest BCUT2D eigenvalue weighted by atomic mass is 16.1. The molecule has 0 amide bonds. The highest BCUT2D eigenvalue weighted by Crippen LogP contribution is 2.11. The SMILES string of the molecule is N#CCCC(C=O)CCCC=O. The van der Waals surface area contributed by atoms with Gasteiger partial charge in [-0.1, -0.05) is 0 Å². The Morgan fingerprint density at radius 1 is 1.33 bits per heavy atom. The van der Waals surface area contributed by atoms with Crippen molar-refractivity contribution in [2.75, 3.05) is 0 Å². The molecule has 0 aliphatic carbocycles. The van der Waals surface area contributed by atoms with Crippen LogP contribution in [0.4, 0.5) is 0 Å². The van der Waals surface area contributed by atoms with E-state index in [4.69, 9.17) is 5.26 Å². The van der Waals surface area contributed by atoms with Crippen LogP contribution in [0.1, 0.15) is 32.1 Å². The van der Waals surface area contributed by atoms with Gasteiger partial charge in [0.2, 0.25) is 0 Å². The molecule has 0 bridgehead atoms. The third kappa shape index (κ3) is 5.60. The van der Waals surface area contributed by atoms with Crippen LogP contribution in [0.3, 0.4) is 0 Å². The highest BCUT2D eigenvalue weighted by Gasteiger charge is 2.05. The monoisotopic (exact) mass is 167 g/mol. The number of hydrogen-bond acceptors (Lipinski definition) is 3. The molecule has 1 atom stereocenters. The summed E-state index contributed by atoms with van der Waals surface area (Å²) in [6.07, 6.45) is 4.76. The molecule has 0 aromatic rings. The van der Waals surface area contributed by atoms with Crippen LogP contribution in [-0.2, 0) is 9.59 Å². The van der Waals surface area contributed by atoms with Crippen LogP contribution in [0.25, 0.3) is 0 Å². The summed E-state index contributed by atoms with van der Waals surface area (Å²) in [4.78, 5) is 20.4. The van der Waals surface area contributed by atoms with E-state index in [9.17, 15) is 9.59 Å². The molecule has 0 aliphatic rings. The third-order valence-corrected chi connectivity index (χ3v) is 1.72. The van der Waals surface area contributed by atoms with Crippen molar-refractivity contribution in [2.45, 2.75) is 32.1 Å². The fourth-order valence-corrected chi connectivity index (χ4v) is 0.994. The fourth-order valence-electron chi connectivity index (χ4n) is 0.994. The van der Waals surface area contributed by atoms with Crippen LogP contribution in [0.5, 0.6) is 0 Å². The van der Waals surface area contributed by atoms with Gasteiger partial charge in [0.05, 0.1) is 6.07 Å². The predicted octanol–water partition coefficient (Wildman–Crippen LogP) is 1.47. The second kappa shape index (κ2) is 7.93. The van der Waals surface area contributed by atoms with Gasteiger partial charge < -0.3 is 9.59 Å². The van der Waals surface area contributed by atoms with E-state index in [1.807, 2.05) is 6.07 Å². The van der Waals surface area contributed by atoms with Crippen LogP contribution in [0.15, 0.2) is 0 Å². The average Bonchev–Trinajstić information content (AvgIpc) is 2.11. The highest BCUT2D eigenvalue weighted by molar-refractivity contribution is 5.53. The summed E-state index contributed by atoms with van der Waals surface area (Å²) in [5, 5.41) is 8.26. The lowest BCUT2D eigenvalue weighted by Crippen LogP contribution is -2.01. The lowest BCUT2D eigenvalue weighted by atomic mass is 9.99. The lowest BCUT2D eigenvalue weighted by molar-refractivity contribution is -0.112. The van der Waals surface area contributed by atoms with Gasteiger partial charge in [0.25, 0.3) is 0 Å². The molecule has 0 saturated carbocycles. The van der Waals surface area contributed by atoms with Crippen molar-refractivity contribution in [3.05, 3.63) is 0 Å². The van der Waals surface area contributed by atoms with Crippen LogP contribution >= 0.6 is 0 Å². The van der Waals surface area contributed by atoms with Gasteiger partial charge in [-0.25, -0.2) is 0 Å². The number of hydrogen-bond donors (Lipinski definition) is 0. The molecule has 0 radical (unpaired) electrons. The summed E-state index contributed by atoms with van der Waals surface area (Å²) in [6, 6.07) is 1.99. The summed E-state index contributed by atoms with van der Waals surface area (Å²) in [5.74, 6) is -0.0374. The Balaban J connectivity index is 3.46. The normalized spacial score (nSPS) is 11.6. The van der Waals surface area contributed by atoms with Crippen LogP contribution < -0.4 is 0 Å². The molecule has 0 aromatic heterocycles. The summed E-state index contributed by atoms with van der Waals surface area (Å²) < 4.78 is 0. The first-order valence-corrected chi connectivity index (χ1v) is 4.11. The second-order valence-electron chi connectivity index (χ2n) is 2.69. The van der Waals surface area contributed by atoms with E-state index in [-0.39, 0.29) is 5.92 Å². The number of nitrogens with zero attached hydrogens (tertiary/aromatic N) is 1. The quantitative estimate of drug-likeness (QED) is 0.426. The van der Waals surface area contributed by atoms with Crippen molar-refractivity contribution in [1.29, 1.82) is 5.26 Å². The molecular formula is C9H13NO2. The predicted molar refractivity (Wildman–Crippen MR) is 44.3 cm³/mol. The van der Waals surface area contributed by atoms with Crippen molar-refractivity contribution in [3.8, 4) is 6.07 Å². The maximum Gasteiger partial charge on any atom is 0.123 e. The molecule has 0 rings (SSSR count). The van der Waals surface area contributed by atoms with E-state index >= 15 is 0 Å². The van der Waals surface area contributed by atoms with E-state index in [0.29, 0.717) is 19.3 Å². The Bertz CT molecular complexity index is 172. The Morgan fingerprint density at radius 2 is 2.08 bits per heavy atom. The molecular weight excluding hydrogens is 154 g/mol. The third-order valence-electron chi connectivity index (χ3n) is 1.72. The Hall–Kier alpha value is -1.17. The van der Waals surface area contributed by atoms with Gasteiger partial charge in [0, 0.05) is 18.8 Å². The van der Waals surface area contributed by atoms with Crippen LogP contribution in [0.2, 0.25) is 0 Å². The molecule has 66 valence electrons.